The summed E-state index contributed by atoms with van der Waals surface area (Å²) in [5.41, 5.74) is -0.876. The average Bonchev–Trinajstić information content (AvgIpc) is 2.38. The molecule has 0 saturated heterocycles. The Morgan fingerprint density at radius 2 is 0.920 bits per heavy atom. The van der Waals surface area contributed by atoms with Crippen molar-refractivity contribution in [2.45, 2.75) is 86.5 Å². The van der Waals surface area contributed by atoms with Crippen molar-refractivity contribution in [1.82, 2.24) is 0 Å². The van der Waals surface area contributed by atoms with Crippen LogP contribution in [-0.2, 0) is 19.2 Å². The van der Waals surface area contributed by atoms with Crippen LogP contribution in [0.3, 0.4) is 0 Å². The molecule has 0 saturated carbocycles. The van der Waals surface area contributed by atoms with Crippen LogP contribution < -0.4 is 0 Å². The molecule has 6 nitrogen and oxygen atoms in total. The lowest BCUT2D eigenvalue weighted by molar-refractivity contribution is -0.140. The van der Waals surface area contributed by atoms with Gasteiger partial charge < -0.3 is 10.2 Å². The van der Waals surface area contributed by atoms with Gasteiger partial charge in [-0.15, -0.1) is 0 Å². The first-order chi connectivity index (χ1) is 10.8. The molecule has 0 spiro atoms. The van der Waals surface area contributed by atoms with Gasteiger partial charge in [0.2, 0.25) is 0 Å². The van der Waals surface area contributed by atoms with Crippen molar-refractivity contribution < 1.29 is 29.4 Å². The maximum absolute atomic E-state index is 11.8. The number of carbonyl (C=O) groups excluding carboxylic acids is 2. The molecule has 0 amide bonds. The number of Topliss-reactive ketones (excluding diaryl/α,β-unsaturated/α-hetero) is 2. The molecule has 6 heteroatoms. The molecule has 146 valence electrons. The Morgan fingerprint density at radius 3 is 1.16 bits per heavy atom. The second-order valence-corrected chi connectivity index (χ2v) is 8.05. The summed E-state index contributed by atoms with van der Waals surface area (Å²) >= 11 is 0. The van der Waals surface area contributed by atoms with Crippen LogP contribution >= 0.6 is 0 Å². The lowest BCUT2D eigenvalue weighted by Gasteiger charge is -2.22. The topological polar surface area (TPSA) is 109 Å². The van der Waals surface area contributed by atoms with E-state index in [4.69, 9.17) is 10.2 Å². The molecule has 0 rings (SSSR count). The molecule has 0 aliphatic carbocycles. The highest BCUT2D eigenvalue weighted by Crippen LogP contribution is 2.28. The van der Waals surface area contributed by atoms with Crippen molar-refractivity contribution in [2.75, 3.05) is 0 Å². The Morgan fingerprint density at radius 1 is 0.640 bits per heavy atom. The first-order valence-corrected chi connectivity index (χ1v) is 8.30. The van der Waals surface area contributed by atoms with Gasteiger partial charge in [-0.25, -0.2) is 0 Å². The fourth-order valence-corrected chi connectivity index (χ4v) is 2.48. The minimum atomic E-state index is -0.883. The zero-order valence-electron chi connectivity index (χ0n) is 15.2. The van der Waals surface area contributed by atoms with Crippen LogP contribution in [0.5, 0.6) is 0 Å². The number of aliphatic carboxylic acids is 2. The largest absolute Gasteiger partial charge is 0.481 e. The Balaban J connectivity index is 0. The average molecular weight is 358 g/mol. The monoisotopic (exact) mass is 358 g/mol. The summed E-state index contributed by atoms with van der Waals surface area (Å²) in [5, 5.41) is 17.6. The molecule has 0 aromatic heterocycles. The number of carboxylic acid groups (broad SMARTS) is 2. The number of carbonyl (C=O) groups is 4. The molecule has 0 aromatic carbocycles. The first-order valence-electron chi connectivity index (χ1n) is 8.30. The molecule has 0 bridgehead atoms. The minimum Gasteiger partial charge on any atom is -0.481 e. The number of hydrogen-bond donors (Lipinski definition) is 2. The molecule has 0 heterocycles. The summed E-state index contributed by atoms with van der Waals surface area (Å²) in [6.45, 7) is 7.24. The van der Waals surface area contributed by atoms with Gasteiger partial charge in [-0.2, -0.15) is 0 Å². The maximum atomic E-state index is 11.8. The number of hydrogen-bond acceptors (Lipinski definition) is 4. The second kappa shape index (κ2) is 11.0. The van der Waals surface area contributed by atoms with E-state index in [0.717, 1.165) is 0 Å². The summed E-state index contributed by atoms with van der Waals surface area (Å²) in [7, 11) is 0. The van der Waals surface area contributed by atoms with Crippen molar-refractivity contribution in [2.24, 2.45) is 10.8 Å². The zero-order chi connectivity index (χ0) is 19.0. The Bertz CT molecular complexity index is 432. The molecule has 0 unspecified atom stereocenters. The maximum Gasteiger partial charge on any atom is 0.303 e. The third-order valence-electron chi connectivity index (χ3n) is 4.10. The van der Waals surface area contributed by atoms with Gasteiger partial charge >= 0.3 is 11.9 Å². The second-order valence-electron chi connectivity index (χ2n) is 8.05. The molecule has 2 N–H and O–H groups in total. The normalized spacial score (nSPS) is 11.5. The van der Waals surface area contributed by atoms with Crippen molar-refractivity contribution in [3.8, 4) is 0 Å². The highest BCUT2D eigenvalue weighted by molar-refractivity contribution is 5.86. The van der Waals surface area contributed by atoms with Crippen LogP contribution in [0.1, 0.15) is 86.5 Å². The number of rotatable bonds is 13. The van der Waals surface area contributed by atoms with Gasteiger partial charge in [-0.1, -0.05) is 35.1 Å². The van der Waals surface area contributed by atoms with E-state index in [-0.39, 0.29) is 57.5 Å². The van der Waals surface area contributed by atoms with E-state index in [1.165, 1.54) is 0 Å². The Hall–Kier alpha value is -1.72. The van der Waals surface area contributed by atoms with Crippen molar-refractivity contribution in [1.29, 1.82) is 0 Å². The number of ketones is 2. The Kier molecular flexibility index (Phi) is 11.2. The van der Waals surface area contributed by atoms with Gasteiger partial charge in [0, 0.05) is 25.7 Å². The van der Waals surface area contributed by atoms with Crippen LogP contribution in [0.2, 0.25) is 0 Å². The van der Waals surface area contributed by atoms with Crippen LogP contribution in [0.15, 0.2) is 0 Å². The van der Waals surface area contributed by atoms with Gasteiger partial charge in [0.25, 0.3) is 0 Å². The van der Waals surface area contributed by atoms with Crippen LogP contribution in [-0.4, -0.2) is 33.7 Å². The lowest BCUT2D eigenvalue weighted by atomic mass is 9.82. The summed E-state index contributed by atoms with van der Waals surface area (Å²) in [6.07, 6.45) is 1.88. The molecule has 0 aliphatic rings. The molecule has 25 heavy (non-hydrogen) atoms. The quantitative estimate of drug-likeness (QED) is 0.513. The highest BCUT2D eigenvalue weighted by Gasteiger charge is 2.24. The standard InChI is InChI=1S/C18H30O6.CH4/c1-17(2,11-15(21)22)9-7-13(19)5-6-14(20)8-10-18(3,4)12-16(23)24;/h5-12H2,1-4H3,(H,21,22)(H,23,24);1H4. The molecule has 0 aromatic rings. The SMILES string of the molecule is C.CC(C)(CCC(=O)CCC(=O)CCC(C)(C)CC(=O)O)CC(=O)O. The highest BCUT2D eigenvalue weighted by atomic mass is 16.4. The summed E-state index contributed by atoms with van der Waals surface area (Å²) < 4.78 is 0. The van der Waals surface area contributed by atoms with E-state index >= 15 is 0 Å². The van der Waals surface area contributed by atoms with Crippen molar-refractivity contribution >= 4 is 23.5 Å². The number of carboxylic acids is 2. The summed E-state index contributed by atoms with van der Waals surface area (Å²) in [6, 6.07) is 0. The molecular weight excluding hydrogens is 324 g/mol. The predicted octanol–water partition coefficient (Wildman–Crippen LogP) is 4.10. The van der Waals surface area contributed by atoms with Crippen molar-refractivity contribution in [3.05, 3.63) is 0 Å². The molecule has 0 aliphatic heterocycles. The first kappa shape index (κ1) is 25.5. The predicted molar refractivity (Wildman–Crippen MR) is 96.5 cm³/mol. The lowest BCUT2D eigenvalue weighted by Crippen LogP contribution is -2.19. The fraction of sp³-hybridized carbons (Fsp3) is 0.789. The van der Waals surface area contributed by atoms with Gasteiger partial charge in [0.15, 0.2) is 0 Å². The minimum absolute atomic E-state index is 0. The van der Waals surface area contributed by atoms with E-state index in [2.05, 4.69) is 0 Å². The van der Waals surface area contributed by atoms with E-state index < -0.39 is 22.8 Å². The molecule has 0 fully saturated rings. The van der Waals surface area contributed by atoms with E-state index in [1.54, 1.807) is 0 Å². The van der Waals surface area contributed by atoms with Gasteiger partial charge in [0.1, 0.15) is 11.6 Å². The molecular formula is C19H34O6. The van der Waals surface area contributed by atoms with Crippen LogP contribution in [0, 0.1) is 10.8 Å². The smallest absolute Gasteiger partial charge is 0.303 e. The summed E-state index contributed by atoms with van der Waals surface area (Å²) in [4.78, 5) is 45.2. The summed E-state index contributed by atoms with van der Waals surface area (Å²) in [5.74, 6) is -1.84. The zero-order valence-corrected chi connectivity index (χ0v) is 15.2. The Labute approximate surface area is 151 Å². The van der Waals surface area contributed by atoms with E-state index in [1.807, 2.05) is 27.7 Å². The van der Waals surface area contributed by atoms with Crippen molar-refractivity contribution in [3.63, 3.8) is 0 Å². The van der Waals surface area contributed by atoms with Gasteiger partial charge in [-0.3, -0.25) is 19.2 Å². The van der Waals surface area contributed by atoms with Gasteiger partial charge in [0.05, 0.1) is 12.8 Å². The van der Waals surface area contributed by atoms with E-state index in [0.29, 0.717) is 12.8 Å². The van der Waals surface area contributed by atoms with Gasteiger partial charge in [-0.05, 0) is 23.7 Å². The van der Waals surface area contributed by atoms with Crippen LogP contribution in [0.25, 0.3) is 0 Å². The molecule has 0 atom stereocenters. The third-order valence-corrected chi connectivity index (χ3v) is 4.10. The van der Waals surface area contributed by atoms with Crippen LogP contribution in [0.4, 0.5) is 0 Å². The molecule has 0 radical (unpaired) electrons. The van der Waals surface area contributed by atoms with E-state index in [9.17, 15) is 19.2 Å². The fourth-order valence-electron chi connectivity index (χ4n) is 2.48. The third kappa shape index (κ3) is 14.3.